The normalized spacial score (nSPS) is 20.4. The summed E-state index contributed by atoms with van der Waals surface area (Å²) >= 11 is 0. The molecule has 1 unspecified atom stereocenters. The minimum atomic E-state index is 0.0173. The Balaban J connectivity index is 1.55. The van der Waals surface area contributed by atoms with E-state index in [1.807, 2.05) is 46.3 Å². The number of anilines is 1. The molecule has 7 nitrogen and oxygen atoms in total. The monoisotopic (exact) mass is 478 g/mol. The molecule has 0 spiro atoms. The van der Waals surface area contributed by atoms with Crippen LogP contribution in [0.2, 0.25) is 0 Å². The molecule has 35 heavy (non-hydrogen) atoms. The molecule has 1 fully saturated rings. The number of nitrogens with zero attached hydrogens (tertiary/aromatic N) is 4. The van der Waals surface area contributed by atoms with Gasteiger partial charge in [0.2, 0.25) is 11.8 Å². The largest absolute Gasteiger partial charge is 0.378 e. The first-order valence-corrected chi connectivity index (χ1v) is 13.0. The molecule has 1 aromatic heterocycles. The Hall–Kier alpha value is -2.77. The second-order valence-corrected chi connectivity index (χ2v) is 9.65. The zero-order chi connectivity index (χ0) is 24.5. The molecule has 2 aliphatic rings. The van der Waals surface area contributed by atoms with Crippen LogP contribution in [0.4, 0.5) is 5.69 Å². The summed E-state index contributed by atoms with van der Waals surface area (Å²) in [4.78, 5) is 36.6. The average molecular weight is 479 g/mol. The van der Waals surface area contributed by atoms with Crippen LogP contribution in [0.3, 0.4) is 0 Å². The van der Waals surface area contributed by atoms with E-state index in [1.54, 1.807) is 13.1 Å². The van der Waals surface area contributed by atoms with E-state index < -0.39 is 0 Å². The molecule has 0 aliphatic carbocycles. The molecule has 0 radical (unpaired) electrons. The maximum Gasteiger partial charge on any atom is 0.225 e. The number of ether oxygens (including phenoxy) is 1. The van der Waals surface area contributed by atoms with E-state index in [9.17, 15) is 9.59 Å². The van der Waals surface area contributed by atoms with E-state index in [2.05, 4.69) is 16.0 Å². The zero-order valence-electron chi connectivity index (χ0n) is 20.9. The highest BCUT2D eigenvalue weighted by Gasteiger charge is 2.24. The Kier molecular flexibility index (Phi) is 9.26. The van der Waals surface area contributed by atoms with Crippen molar-refractivity contribution in [2.75, 3.05) is 37.7 Å². The quantitative estimate of drug-likeness (QED) is 0.664. The highest BCUT2D eigenvalue weighted by molar-refractivity contribution is 5.92. The van der Waals surface area contributed by atoms with Crippen molar-refractivity contribution in [2.24, 2.45) is 0 Å². The first-order valence-electron chi connectivity index (χ1n) is 13.0. The lowest BCUT2D eigenvalue weighted by molar-refractivity contribution is -0.135. The van der Waals surface area contributed by atoms with Gasteiger partial charge in [-0.1, -0.05) is 24.3 Å². The third kappa shape index (κ3) is 7.36. The zero-order valence-corrected chi connectivity index (χ0v) is 20.9. The molecule has 1 saturated heterocycles. The lowest BCUT2D eigenvalue weighted by atomic mass is 10.0. The summed E-state index contributed by atoms with van der Waals surface area (Å²) in [6, 6.07) is 12.1. The van der Waals surface area contributed by atoms with E-state index in [4.69, 9.17) is 4.74 Å². The van der Waals surface area contributed by atoms with Crippen LogP contribution in [0.1, 0.15) is 56.6 Å². The summed E-state index contributed by atoms with van der Waals surface area (Å²) in [5.41, 5.74) is 3.11. The number of rotatable bonds is 4. The average Bonchev–Trinajstić information content (AvgIpc) is 2.86. The molecule has 4 rings (SSSR count). The molecular formula is C28H38N4O3. The van der Waals surface area contributed by atoms with Crippen molar-refractivity contribution in [2.45, 2.75) is 64.6 Å². The SMILES string of the molecule is CC(=O)N1CCCN(Cc2cccnc2)CCCN(C(=O)CC2CCCCO2)Cc2ccccc21. The molecule has 3 heterocycles. The first kappa shape index (κ1) is 25.3. The van der Waals surface area contributed by atoms with Crippen LogP contribution in [0.15, 0.2) is 48.8 Å². The maximum atomic E-state index is 13.4. The highest BCUT2D eigenvalue weighted by atomic mass is 16.5. The molecular weight excluding hydrogens is 440 g/mol. The molecule has 1 atom stereocenters. The second kappa shape index (κ2) is 12.8. The minimum absolute atomic E-state index is 0.0173. The number of aromatic nitrogens is 1. The maximum absolute atomic E-state index is 13.4. The Morgan fingerprint density at radius 1 is 1.00 bits per heavy atom. The van der Waals surface area contributed by atoms with Gasteiger partial charge in [0, 0.05) is 70.9 Å². The fourth-order valence-electron chi connectivity index (χ4n) is 5.10. The fourth-order valence-corrected chi connectivity index (χ4v) is 5.10. The van der Waals surface area contributed by atoms with Crippen molar-refractivity contribution < 1.29 is 14.3 Å². The topological polar surface area (TPSA) is 66.0 Å². The minimum Gasteiger partial charge on any atom is -0.378 e. The molecule has 0 bridgehead atoms. The van der Waals surface area contributed by atoms with Crippen LogP contribution in [-0.2, 0) is 27.4 Å². The number of benzene rings is 1. The van der Waals surface area contributed by atoms with E-state index >= 15 is 0 Å². The van der Waals surface area contributed by atoms with Gasteiger partial charge in [-0.3, -0.25) is 19.5 Å². The number of amides is 2. The Morgan fingerprint density at radius 2 is 1.83 bits per heavy atom. The van der Waals surface area contributed by atoms with Gasteiger partial charge in [-0.05, 0) is 55.4 Å². The van der Waals surface area contributed by atoms with Crippen LogP contribution in [0.25, 0.3) is 0 Å². The predicted octanol–water partition coefficient (Wildman–Crippen LogP) is 4.02. The summed E-state index contributed by atoms with van der Waals surface area (Å²) in [5.74, 6) is 0.166. The summed E-state index contributed by atoms with van der Waals surface area (Å²) in [5, 5.41) is 0. The molecule has 2 aliphatic heterocycles. The number of carbonyl (C=O) groups is 2. The van der Waals surface area contributed by atoms with E-state index in [0.29, 0.717) is 26.1 Å². The van der Waals surface area contributed by atoms with Crippen LogP contribution >= 0.6 is 0 Å². The van der Waals surface area contributed by atoms with Crippen molar-refractivity contribution in [1.29, 1.82) is 0 Å². The number of hydrogen-bond acceptors (Lipinski definition) is 5. The van der Waals surface area contributed by atoms with Gasteiger partial charge < -0.3 is 14.5 Å². The van der Waals surface area contributed by atoms with Crippen molar-refractivity contribution in [1.82, 2.24) is 14.8 Å². The van der Waals surface area contributed by atoms with Crippen LogP contribution in [0.5, 0.6) is 0 Å². The van der Waals surface area contributed by atoms with Gasteiger partial charge in [-0.15, -0.1) is 0 Å². The van der Waals surface area contributed by atoms with Crippen LogP contribution in [-0.4, -0.2) is 65.5 Å². The fraction of sp³-hybridized carbons (Fsp3) is 0.536. The number of fused-ring (bicyclic) bond motifs is 1. The third-order valence-electron chi connectivity index (χ3n) is 6.94. The lowest BCUT2D eigenvalue weighted by Gasteiger charge is -2.32. The van der Waals surface area contributed by atoms with Crippen molar-refractivity contribution >= 4 is 17.5 Å². The van der Waals surface area contributed by atoms with E-state index in [1.165, 1.54) is 5.56 Å². The van der Waals surface area contributed by atoms with Gasteiger partial charge >= 0.3 is 0 Å². The Bertz CT molecular complexity index is 962. The molecule has 7 heteroatoms. The molecule has 0 N–H and O–H groups in total. The summed E-state index contributed by atoms with van der Waals surface area (Å²) in [6.45, 7) is 6.80. The number of carbonyl (C=O) groups excluding carboxylic acids is 2. The second-order valence-electron chi connectivity index (χ2n) is 9.65. The summed E-state index contributed by atoms with van der Waals surface area (Å²) < 4.78 is 5.86. The van der Waals surface area contributed by atoms with Gasteiger partial charge in [0.25, 0.3) is 0 Å². The molecule has 2 aromatic rings. The van der Waals surface area contributed by atoms with Crippen molar-refractivity contribution in [3.63, 3.8) is 0 Å². The van der Waals surface area contributed by atoms with Gasteiger partial charge in [-0.2, -0.15) is 0 Å². The molecule has 188 valence electrons. The molecule has 2 amide bonds. The Labute approximate surface area is 209 Å². The van der Waals surface area contributed by atoms with Crippen LogP contribution in [0, 0.1) is 0 Å². The van der Waals surface area contributed by atoms with Crippen molar-refractivity contribution in [3.8, 4) is 0 Å². The highest BCUT2D eigenvalue weighted by Crippen LogP contribution is 2.25. The van der Waals surface area contributed by atoms with Gasteiger partial charge in [-0.25, -0.2) is 0 Å². The predicted molar refractivity (Wildman–Crippen MR) is 137 cm³/mol. The number of hydrogen-bond donors (Lipinski definition) is 0. The summed E-state index contributed by atoms with van der Waals surface area (Å²) in [6.07, 6.45) is 9.09. The van der Waals surface area contributed by atoms with Gasteiger partial charge in [0.15, 0.2) is 0 Å². The van der Waals surface area contributed by atoms with Gasteiger partial charge in [0.1, 0.15) is 0 Å². The standard InChI is InChI=1S/C28H38N4O3/c1-23(33)32-17-8-15-30(21-24-9-6-13-29-20-24)14-7-16-31(22-25-10-2-3-12-27(25)32)28(34)19-26-11-4-5-18-35-26/h2-3,6,9-10,12-13,20,26H,4-5,7-8,11,14-19,21-22H2,1H3. The van der Waals surface area contributed by atoms with E-state index in [-0.39, 0.29) is 17.9 Å². The number of para-hydroxylation sites is 1. The third-order valence-corrected chi connectivity index (χ3v) is 6.94. The first-order chi connectivity index (χ1) is 17.1. The van der Waals surface area contributed by atoms with E-state index in [0.717, 1.165) is 69.6 Å². The van der Waals surface area contributed by atoms with Crippen molar-refractivity contribution in [3.05, 3.63) is 59.9 Å². The molecule has 1 aromatic carbocycles. The van der Waals surface area contributed by atoms with Gasteiger partial charge in [0.05, 0.1) is 12.5 Å². The summed E-state index contributed by atoms with van der Waals surface area (Å²) in [7, 11) is 0. The van der Waals surface area contributed by atoms with Crippen LogP contribution < -0.4 is 4.90 Å². The lowest BCUT2D eigenvalue weighted by Crippen LogP contribution is -2.39. The Morgan fingerprint density at radius 3 is 2.57 bits per heavy atom. The molecule has 0 saturated carbocycles. The smallest absolute Gasteiger partial charge is 0.225 e. The number of pyridine rings is 1.